The number of hydrogen-bond acceptors (Lipinski definition) is 4. The molecular weight excluding hydrogens is 695 g/mol. The summed E-state index contributed by atoms with van der Waals surface area (Å²) >= 11 is 0. The lowest BCUT2D eigenvalue weighted by molar-refractivity contribution is 0.411. The fourth-order valence-corrected chi connectivity index (χ4v) is 7.44. The third kappa shape index (κ3) is 8.92. The molecule has 57 heavy (non-hydrogen) atoms. The van der Waals surface area contributed by atoms with E-state index in [9.17, 15) is 0 Å². The molecule has 0 aliphatic carbocycles. The zero-order chi connectivity index (χ0) is 39.1. The summed E-state index contributed by atoms with van der Waals surface area (Å²) in [5, 5.41) is 0. The SMILES string of the molecule is COc1cc(-c2ccc(-c3ccccc3-c3cc(CCc4ccc(-c5ccc(C)cn5)cc4)cc(CCc4ccc(-c5ccc(C)cn5)cc4)c3)cc2)ncc1C. The highest BCUT2D eigenvalue weighted by atomic mass is 16.5. The molecule has 0 spiro atoms. The molecule has 3 aromatic heterocycles. The molecule has 8 aromatic rings. The molecule has 0 bridgehead atoms. The van der Waals surface area contributed by atoms with Crippen molar-refractivity contribution in [3.63, 3.8) is 0 Å². The molecule has 0 aliphatic heterocycles. The van der Waals surface area contributed by atoms with Crippen molar-refractivity contribution >= 4 is 0 Å². The molecule has 0 aliphatic rings. The molecule has 280 valence electrons. The quantitative estimate of drug-likeness (QED) is 0.125. The van der Waals surface area contributed by atoms with Crippen LogP contribution in [0.4, 0.5) is 0 Å². The minimum atomic E-state index is 0.846. The van der Waals surface area contributed by atoms with E-state index in [-0.39, 0.29) is 0 Å². The van der Waals surface area contributed by atoms with Crippen molar-refractivity contribution in [1.82, 2.24) is 15.0 Å². The monoisotopic (exact) mass is 741 g/mol. The van der Waals surface area contributed by atoms with Gasteiger partial charge in [-0.1, -0.05) is 127 Å². The van der Waals surface area contributed by atoms with Gasteiger partial charge in [-0.3, -0.25) is 15.0 Å². The molecule has 0 N–H and O–H groups in total. The van der Waals surface area contributed by atoms with Gasteiger partial charge >= 0.3 is 0 Å². The summed E-state index contributed by atoms with van der Waals surface area (Å²) < 4.78 is 5.57. The zero-order valence-corrected chi connectivity index (χ0v) is 33.2. The van der Waals surface area contributed by atoms with Crippen molar-refractivity contribution in [2.24, 2.45) is 0 Å². The predicted molar refractivity (Wildman–Crippen MR) is 235 cm³/mol. The van der Waals surface area contributed by atoms with Gasteiger partial charge in [0.2, 0.25) is 0 Å². The van der Waals surface area contributed by atoms with E-state index in [2.05, 4.69) is 168 Å². The number of methoxy groups -OCH3 is 1. The summed E-state index contributed by atoms with van der Waals surface area (Å²) in [6.45, 7) is 6.15. The predicted octanol–water partition coefficient (Wildman–Crippen LogP) is 12.7. The molecule has 4 heteroatoms. The second-order valence-corrected chi connectivity index (χ2v) is 15.0. The van der Waals surface area contributed by atoms with Crippen molar-refractivity contribution in [3.05, 3.63) is 203 Å². The van der Waals surface area contributed by atoms with Gasteiger partial charge in [0.1, 0.15) is 5.75 Å². The number of pyridine rings is 3. The lowest BCUT2D eigenvalue weighted by Gasteiger charge is -2.15. The number of nitrogens with zero attached hydrogens (tertiary/aromatic N) is 3. The molecular formula is C53H47N3O. The Labute approximate surface area is 337 Å². The fourth-order valence-electron chi connectivity index (χ4n) is 7.44. The first-order chi connectivity index (χ1) is 27.9. The molecule has 0 saturated heterocycles. The molecule has 8 rings (SSSR count). The number of benzene rings is 5. The smallest absolute Gasteiger partial charge is 0.125 e. The number of aryl methyl sites for hydroxylation is 7. The van der Waals surface area contributed by atoms with E-state index in [4.69, 9.17) is 4.74 Å². The topological polar surface area (TPSA) is 47.9 Å². The van der Waals surface area contributed by atoms with Gasteiger partial charge < -0.3 is 4.74 Å². The van der Waals surface area contributed by atoms with E-state index < -0.39 is 0 Å². The lowest BCUT2D eigenvalue weighted by atomic mass is 9.90. The van der Waals surface area contributed by atoms with Crippen LogP contribution in [-0.2, 0) is 25.7 Å². The van der Waals surface area contributed by atoms with E-state index in [1.165, 1.54) is 55.6 Å². The van der Waals surface area contributed by atoms with Gasteiger partial charge in [-0.2, -0.15) is 0 Å². The summed E-state index contributed by atoms with van der Waals surface area (Å²) in [5.41, 5.74) is 19.8. The Bertz CT molecular complexity index is 2480. The van der Waals surface area contributed by atoms with E-state index >= 15 is 0 Å². The second-order valence-electron chi connectivity index (χ2n) is 15.0. The molecule has 5 aromatic carbocycles. The summed E-state index contributed by atoms with van der Waals surface area (Å²) in [6.07, 6.45) is 9.55. The third-order valence-corrected chi connectivity index (χ3v) is 10.8. The number of hydrogen-bond donors (Lipinski definition) is 0. The van der Waals surface area contributed by atoms with E-state index in [0.29, 0.717) is 0 Å². The Kier molecular flexibility index (Phi) is 11.1. The van der Waals surface area contributed by atoms with Gasteiger partial charge in [-0.05, 0) is 114 Å². The van der Waals surface area contributed by atoms with Crippen LogP contribution >= 0.6 is 0 Å². The Morgan fingerprint density at radius 2 is 0.825 bits per heavy atom. The van der Waals surface area contributed by atoms with Gasteiger partial charge in [0.15, 0.2) is 0 Å². The van der Waals surface area contributed by atoms with Crippen LogP contribution in [0.2, 0.25) is 0 Å². The molecule has 0 saturated carbocycles. The van der Waals surface area contributed by atoms with Gasteiger partial charge in [-0.15, -0.1) is 0 Å². The maximum atomic E-state index is 5.57. The molecule has 0 radical (unpaired) electrons. The van der Waals surface area contributed by atoms with Gasteiger partial charge in [0.25, 0.3) is 0 Å². The first-order valence-corrected chi connectivity index (χ1v) is 19.8. The molecule has 0 unspecified atom stereocenters. The third-order valence-electron chi connectivity index (χ3n) is 10.8. The van der Waals surface area contributed by atoms with Crippen LogP contribution in [0.1, 0.15) is 38.9 Å². The van der Waals surface area contributed by atoms with Gasteiger partial charge in [0.05, 0.1) is 24.2 Å². The second kappa shape index (κ2) is 17.0. The minimum absolute atomic E-state index is 0.846. The Hall–Kier alpha value is -6.65. The maximum absolute atomic E-state index is 5.57. The normalized spacial score (nSPS) is 11.1. The van der Waals surface area contributed by atoms with Gasteiger partial charge in [0, 0.05) is 46.9 Å². The highest BCUT2D eigenvalue weighted by Crippen LogP contribution is 2.35. The molecule has 4 nitrogen and oxygen atoms in total. The fraction of sp³-hybridized carbons (Fsp3) is 0.151. The minimum Gasteiger partial charge on any atom is -0.496 e. The first-order valence-electron chi connectivity index (χ1n) is 19.8. The van der Waals surface area contributed by atoms with Gasteiger partial charge in [-0.25, -0.2) is 0 Å². The van der Waals surface area contributed by atoms with Crippen molar-refractivity contribution in [2.75, 3.05) is 7.11 Å². The van der Waals surface area contributed by atoms with Crippen LogP contribution in [0.5, 0.6) is 5.75 Å². The molecule has 0 atom stereocenters. The van der Waals surface area contributed by atoms with Crippen LogP contribution < -0.4 is 4.74 Å². The Balaban J connectivity index is 1.07. The number of ether oxygens (including phenoxy) is 1. The highest BCUT2D eigenvalue weighted by Gasteiger charge is 2.12. The lowest BCUT2D eigenvalue weighted by Crippen LogP contribution is -1.98. The highest BCUT2D eigenvalue weighted by molar-refractivity contribution is 5.84. The number of rotatable bonds is 12. The summed E-state index contributed by atoms with van der Waals surface area (Å²) in [5.74, 6) is 0.846. The Morgan fingerprint density at radius 3 is 1.32 bits per heavy atom. The van der Waals surface area contributed by atoms with Crippen molar-refractivity contribution in [3.8, 4) is 61.8 Å². The average molecular weight is 742 g/mol. The van der Waals surface area contributed by atoms with Crippen LogP contribution in [0.3, 0.4) is 0 Å². The first kappa shape index (κ1) is 37.3. The largest absolute Gasteiger partial charge is 0.496 e. The van der Waals surface area contributed by atoms with E-state index in [0.717, 1.165) is 70.8 Å². The van der Waals surface area contributed by atoms with Crippen LogP contribution in [0.15, 0.2) is 164 Å². The van der Waals surface area contributed by atoms with Crippen molar-refractivity contribution < 1.29 is 4.74 Å². The van der Waals surface area contributed by atoms with Crippen molar-refractivity contribution in [1.29, 1.82) is 0 Å². The zero-order valence-electron chi connectivity index (χ0n) is 33.2. The van der Waals surface area contributed by atoms with Crippen molar-refractivity contribution in [2.45, 2.75) is 46.5 Å². The average Bonchev–Trinajstić information content (AvgIpc) is 3.26. The summed E-state index contributed by atoms with van der Waals surface area (Å²) in [6, 6.07) is 52.9. The molecule has 0 amide bonds. The van der Waals surface area contributed by atoms with Crippen LogP contribution in [-0.4, -0.2) is 22.1 Å². The summed E-state index contributed by atoms with van der Waals surface area (Å²) in [7, 11) is 1.70. The van der Waals surface area contributed by atoms with E-state index in [1.807, 2.05) is 31.6 Å². The maximum Gasteiger partial charge on any atom is 0.125 e. The molecule has 3 heterocycles. The van der Waals surface area contributed by atoms with Crippen LogP contribution in [0, 0.1) is 20.8 Å². The van der Waals surface area contributed by atoms with E-state index in [1.54, 1.807) is 7.11 Å². The molecule has 0 fully saturated rings. The Morgan fingerprint density at radius 1 is 0.386 bits per heavy atom. The summed E-state index contributed by atoms with van der Waals surface area (Å²) in [4.78, 5) is 13.9. The standard InChI is InChI=1S/C53H47N3O/c1-36-9-27-50(54-33-36)44-19-15-39(16-20-44)11-13-41-29-42(14-12-40-17-21-45(22-18-40)51-28-10-37(2)34-55-51)31-47(30-41)49-8-6-5-7-48(49)43-23-25-46(26-24-43)52-32-53(57-4)38(3)35-56-52/h5-10,15-35H,11-14H2,1-4H3. The number of aromatic nitrogens is 3. The van der Waals surface area contributed by atoms with Crippen LogP contribution in [0.25, 0.3) is 56.0 Å².